The van der Waals surface area contributed by atoms with E-state index in [1.807, 2.05) is 18.5 Å². The molecule has 1 rings (SSSR count). The lowest BCUT2D eigenvalue weighted by Gasteiger charge is -2.30. The van der Waals surface area contributed by atoms with Gasteiger partial charge in [-0.1, -0.05) is 19.9 Å². The molecule has 0 saturated carbocycles. The van der Waals surface area contributed by atoms with Crippen LogP contribution in [-0.4, -0.2) is 17.1 Å². The lowest BCUT2D eigenvalue weighted by molar-refractivity contribution is 0.363. The average Bonchev–Trinajstić information content (AvgIpc) is 2.16. The molecule has 0 aromatic carbocycles. The van der Waals surface area contributed by atoms with E-state index in [-0.39, 0.29) is 11.0 Å². The zero-order chi connectivity index (χ0) is 11.5. The van der Waals surface area contributed by atoms with Crippen molar-refractivity contribution in [3.8, 4) is 0 Å². The Morgan fingerprint density at radius 3 is 2.33 bits per heavy atom. The summed E-state index contributed by atoms with van der Waals surface area (Å²) in [5.74, 6) is 0. The Hall–Kier alpha value is -0.890. The number of hydrogen-bond acceptors (Lipinski definition) is 2. The van der Waals surface area contributed by atoms with Crippen LogP contribution in [0.2, 0.25) is 0 Å². The molecule has 1 aromatic heterocycles. The Balaban J connectivity index is 2.68. The van der Waals surface area contributed by atoms with E-state index in [1.54, 1.807) is 0 Å². The molecule has 0 aliphatic rings. The number of hydrogen-bond donors (Lipinski definition) is 1. The van der Waals surface area contributed by atoms with E-state index in [2.05, 4.69) is 51.0 Å². The van der Waals surface area contributed by atoms with Gasteiger partial charge >= 0.3 is 0 Å². The molecule has 0 amide bonds. The molecule has 2 heteroatoms. The number of rotatable bonds is 3. The molecule has 0 bridgehead atoms. The second kappa shape index (κ2) is 4.31. The molecule has 0 atom stereocenters. The molecule has 0 aliphatic carbocycles. The van der Waals surface area contributed by atoms with E-state index in [0.29, 0.717) is 0 Å². The first-order chi connectivity index (χ1) is 6.81. The molecule has 1 heterocycles. The van der Waals surface area contributed by atoms with Gasteiger partial charge in [0.1, 0.15) is 0 Å². The van der Waals surface area contributed by atoms with Crippen molar-refractivity contribution in [1.29, 1.82) is 0 Å². The van der Waals surface area contributed by atoms with E-state index < -0.39 is 0 Å². The fraction of sp³-hybridized carbons (Fsp3) is 0.615. The Kier molecular flexibility index (Phi) is 3.50. The fourth-order valence-corrected chi connectivity index (χ4v) is 1.35. The van der Waals surface area contributed by atoms with Gasteiger partial charge in [0, 0.05) is 29.9 Å². The minimum atomic E-state index is 0.127. The molecule has 15 heavy (non-hydrogen) atoms. The number of aromatic nitrogens is 1. The molecular formula is C13H22N2. The van der Waals surface area contributed by atoms with Gasteiger partial charge in [0.25, 0.3) is 0 Å². The summed E-state index contributed by atoms with van der Waals surface area (Å²) >= 11 is 0. The maximum atomic E-state index is 4.17. The summed E-state index contributed by atoms with van der Waals surface area (Å²) in [6, 6.07) is 4.13. The topological polar surface area (TPSA) is 24.9 Å². The maximum absolute atomic E-state index is 4.17. The summed E-state index contributed by atoms with van der Waals surface area (Å²) in [5.41, 5.74) is 1.57. The van der Waals surface area contributed by atoms with Crippen LogP contribution in [0, 0.1) is 0 Å². The fourth-order valence-electron chi connectivity index (χ4n) is 1.35. The largest absolute Gasteiger partial charge is 0.311 e. The van der Waals surface area contributed by atoms with Gasteiger partial charge in [-0.15, -0.1) is 0 Å². The number of nitrogens with zero attached hydrogens (tertiary/aromatic N) is 1. The summed E-state index contributed by atoms with van der Waals surface area (Å²) in [4.78, 5) is 4.17. The van der Waals surface area contributed by atoms with Crippen LogP contribution < -0.4 is 5.32 Å². The Morgan fingerprint density at radius 1 is 1.20 bits per heavy atom. The lowest BCUT2D eigenvalue weighted by Crippen LogP contribution is -2.43. The molecule has 0 fully saturated rings. The Labute approximate surface area is 93.1 Å². The summed E-state index contributed by atoms with van der Waals surface area (Å²) < 4.78 is 0. The van der Waals surface area contributed by atoms with Gasteiger partial charge < -0.3 is 5.32 Å². The summed E-state index contributed by atoms with van der Waals surface area (Å²) in [5, 5.41) is 3.53. The molecule has 0 unspecified atom stereocenters. The van der Waals surface area contributed by atoms with Crippen LogP contribution in [0.4, 0.5) is 0 Å². The van der Waals surface area contributed by atoms with E-state index in [4.69, 9.17) is 0 Å². The Bertz CT molecular complexity index is 296. The van der Waals surface area contributed by atoms with Crippen LogP contribution >= 0.6 is 0 Å². The third-order valence-electron chi connectivity index (χ3n) is 2.50. The van der Waals surface area contributed by atoms with Crippen molar-refractivity contribution in [2.45, 2.75) is 45.6 Å². The van der Waals surface area contributed by atoms with Gasteiger partial charge in [0.2, 0.25) is 0 Å². The molecule has 1 N–H and O–H groups in total. The van der Waals surface area contributed by atoms with Crippen LogP contribution in [-0.2, 0) is 5.41 Å². The molecule has 1 aromatic rings. The lowest BCUT2D eigenvalue weighted by atomic mass is 9.85. The number of nitrogens with one attached hydrogen (secondary N) is 1. The van der Waals surface area contributed by atoms with Crippen LogP contribution in [0.15, 0.2) is 24.5 Å². The zero-order valence-electron chi connectivity index (χ0n) is 10.5. The molecule has 84 valence electrons. The first kappa shape index (κ1) is 12.2. The van der Waals surface area contributed by atoms with Gasteiger partial charge in [-0.25, -0.2) is 0 Å². The highest BCUT2D eigenvalue weighted by Gasteiger charge is 2.22. The van der Waals surface area contributed by atoms with Crippen molar-refractivity contribution < 1.29 is 0 Å². The molecule has 0 spiro atoms. The minimum absolute atomic E-state index is 0.127. The molecule has 2 nitrogen and oxygen atoms in total. The second-order valence-electron chi connectivity index (χ2n) is 5.73. The van der Waals surface area contributed by atoms with Gasteiger partial charge in [-0.3, -0.25) is 4.98 Å². The third-order valence-corrected chi connectivity index (χ3v) is 2.50. The smallest absolute Gasteiger partial charge is 0.0305 e. The summed E-state index contributed by atoms with van der Waals surface area (Å²) in [6.07, 6.45) is 3.76. The van der Waals surface area contributed by atoms with Crippen LogP contribution in [0.5, 0.6) is 0 Å². The normalized spacial score (nSPS) is 12.9. The van der Waals surface area contributed by atoms with E-state index >= 15 is 0 Å². The molecule has 0 aliphatic heterocycles. The average molecular weight is 206 g/mol. The highest BCUT2D eigenvalue weighted by atomic mass is 15.0. The van der Waals surface area contributed by atoms with Crippen LogP contribution in [0.3, 0.4) is 0 Å². The van der Waals surface area contributed by atoms with Gasteiger partial charge in [-0.2, -0.15) is 0 Å². The predicted octanol–water partition coefficient (Wildman–Crippen LogP) is 2.75. The monoisotopic (exact) mass is 206 g/mol. The Morgan fingerprint density at radius 2 is 1.87 bits per heavy atom. The van der Waals surface area contributed by atoms with Crippen molar-refractivity contribution in [2.24, 2.45) is 0 Å². The molecule has 0 saturated heterocycles. The van der Waals surface area contributed by atoms with E-state index in [0.717, 1.165) is 6.54 Å². The quantitative estimate of drug-likeness (QED) is 0.822. The van der Waals surface area contributed by atoms with Gasteiger partial charge in [0.05, 0.1) is 0 Å². The number of pyridine rings is 1. The third kappa shape index (κ3) is 4.00. The zero-order valence-corrected chi connectivity index (χ0v) is 10.5. The maximum Gasteiger partial charge on any atom is 0.0305 e. The second-order valence-corrected chi connectivity index (χ2v) is 5.73. The first-order valence-corrected chi connectivity index (χ1v) is 5.47. The van der Waals surface area contributed by atoms with Gasteiger partial charge in [-0.05, 0) is 32.4 Å². The molecule has 0 radical (unpaired) electrons. The van der Waals surface area contributed by atoms with Crippen molar-refractivity contribution in [3.05, 3.63) is 30.1 Å². The summed E-state index contributed by atoms with van der Waals surface area (Å²) in [6.45, 7) is 12.0. The highest BCUT2D eigenvalue weighted by molar-refractivity contribution is 5.20. The van der Waals surface area contributed by atoms with Crippen molar-refractivity contribution in [1.82, 2.24) is 10.3 Å². The minimum Gasteiger partial charge on any atom is -0.311 e. The predicted molar refractivity (Wildman–Crippen MR) is 65.0 cm³/mol. The summed E-state index contributed by atoms with van der Waals surface area (Å²) in [7, 11) is 0. The van der Waals surface area contributed by atoms with Crippen molar-refractivity contribution >= 4 is 0 Å². The van der Waals surface area contributed by atoms with Crippen molar-refractivity contribution in [3.63, 3.8) is 0 Å². The SMILES string of the molecule is CC(C)(C)NCC(C)(C)c1cccnc1. The first-order valence-electron chi connectivity index (χ1n) is 5.47. The van der Waals surface area contributed by atoms with E-state index in [1.165, 1.54) is 5.56 Å². The van der Waals surface area contributed by atoms with Crippen LogP contribution in [0.25, 0.3) is 0 Å². The molecular weight excluding hydrogens is 184 g/mol. The van der Waals surface area contributed by atoms with Crippen LogP contribution in [0.1, 0.15) is 40.2 Å². The van der Waals surface area contributed by atoms with E-state index in [9.17, 15) is 0 Å². The standard InChI is InChI=1S/C13H22N2/c1-12(2,3)15-10-13(4,5)11-7-6-8-14-9-11/h6-9,15H,10H2,1-5H3. The van der Waals surface area contributed by atoms with Crippen molar-refractivity contribution in [2.75, 3.05) is 6.54 Å². The van der Waals surface area contributed by atoms with Gasteiger partial charge in [0.15, 0.2) is 0 Å². The highest BCUT2D eigenvalue weighted by Crippen LogP contribution is 2.21.